The smallest absolute Gasteiger partial charge is 0.225 e. The molecule has 0 atom stereocenters. The molecule has 1 aliphatic heterocycles. The Hall–Kier alpha value is -2.01. The number of anilines is 1. The number of rotatable bonds is 3. The number of hydrogen-bond donors (Lipinski definition) is 0. The van der Waals surface area contributed by atoms with Gasteiger partial charge in [-0.25, -0.2) is 9.97 Å². The molecular weight excluding hydrogens is 250 g/mol. The zero-order valence-electron chi connectivity index (χ0n) is 11.7. The van der Waals surface area contributed by atoms with Crippen LogP contribution in [0.25, 0.3) is 0 Å². The molecule has 0 bridgehead atoms. The van der Waals surface area contributed by atoms with Gasteiger partial charge in [-0.05, 0) is 25.1 Å². The molecule has 1 fully saturated rings. The van der Waals surface area contributed by atoms with E-state index in [1.165, 1.54) is 0 Å². The summed E-state index contributed by atoms with van der Waals surface area (Å²) in [5.74, 6) is 0.850. The van der Waals surface area contributed by atoms with Crippen molar-refractivity contribution in [3.8, 4) is 0 Å². The largest absolute Gasteiger partial charge is 0.338 e. The second kappa shape index (κ2) is 5.96. The zero-order valence-corrected chi connectivity index (χ0v) is 11.7. The van der Waals surface area contributed by atoms with Crippen LogP contribution in [0.1, 0.15) is 11.4 Å². The van der Waals surface area contributed by atoms with E-state index in [9.17, 15) is 0 Å². The minimum atomic E-state index is 0.850. The van der Waals surface area contributed by atoms with Gasteiger partial charge < -0.3 is 4.90 Å². The fraction of sp³-hybridized carbons (Fsp3) is 0.400. The minimum Gasteiger partial charge on any atom is -0.338 e. The lowest BCUT2D eigenvalue weighted by molar-refractivity contribution is 0.246. The number of aromatic nitrogens is 3. The molecule has 2 aromatic heterocycles. The van der Waals surface area contributed by atoms with Crippen molar-refractivity contribution in [2.24, 2.45) is 0 Å². The third kappa shape index (κ3) is 3.11. The Bertz CT molecular complexity index is 549. The van der Waals surface area contributed by atoms with Crippen molar-refractivity contribution in [3.05, 3.63) is 48.0 Å². The van der Waals surface area contributed by atoms with Crippen LogP contribution in [0.5, 0.6) is 0 Å². The van der Waals surface area contributed by atoms with Crippen molar-refractivity contribution in [1.29, 1.82) is 0 Å². The molecule has 5 nitrogen and oxygen atoms in total. The van der Waals surface area contributed by atoms with Gasteiger partial charge in [-0.2, -0.15) is 0 Å². The van der Waals surface area contributed by atoms with Gasteiger partial charge in [0.2, 0.25) is 5.95 Å². The molecule has 20 heavy (non-hydrogen) atoms. The minimum absolute atomic E-state index is 0.850. The van der Waals surface area contributed by atoms with E-state index in [0.717, 1.165) is 50.1 Å². The SMILES string of the molecule is Cc1ccnc(N2CCN(Cc3ccccn3)CC2)n1. The van der Waals surface area contributed by atoms with Crippen LogP contribution in [0.15, 0.2) is 36.7 Å². The van der Waals surface area contributed by atoms with E-state index in [4.69, 9.17) is 0 Å². The van der Waals surface area contributed by atoms with E-state index < -0.39 is 0 Å². The van der Waals surface area contributed by atoms with E-state index in [2.05, 4.69) is 30.8 Å². The van der Waals surface area contributed by atoms with E-state index >= 15 is 0 Å². The Morgan fingerprint density at radius 2 is 1.85 bits per heavy atom. The van der Waals surface area contributed by atoms with Crippen LogP contribution >= 0.6 is 0 Å². The fourth-order valence-corrected chi connectivity index (χ4v) is 2.41. The molecule has 2 aromatic rings. The second-order valence-electron chi connectivity index (χ2n) is 5.08. The predicted molar refractivity (Wildman–Crippen MR) is 78.5 cm³/mol. The Morgan fingerprint density at radius 3 is 2.55 bits per heavy atom. The van der Waals surface area contributed by atoms with Crippen molar-refractivity contribution in [3.63, 3.8) is 0 Å². The van der Waals surface area contributed by atoms with Gasteiger partial charge in [-0.15, -0.1) is 0 Å². The molecule has 3 heterocycles. The lowest BCUT2D eigenvalue weighted by Crippen LogP contribution is -2.46. The average molecular weight is 269 g/mol. The molecule has 1 saturated heterocycles. The Kier molecular flexibility index (Phi) is 3.87. The molecule has 0 N–H and O–H groups in total. The first-order valence-electron chi connectivity index (χ1n) is 6.98. The summed E-state index contributed by atoms with van der Waals surface area (Å²) in [5.41, 5.74) is 2.15. The maximum Gasteiger partial charge on any atom is 0.225 e. The molecule has 0 aliphatic carbocycles. The van der Waals surface area contributed by atoms with Gasteiger partial charge in [-0.3, -0.25) is 9.88 Å². The molecule has 1 aliphatic rings. The first-order chi connectivity index (χ1) is 9.81. The third-order valence-corrected chi connectivity index (χ3v) is 3.55. The average Bonchev–Trinajstić information content (AvgIpc) is 2.49. The summed E-state index contributed by atoms with van der Waals surface area (Å²) in [5, 5.41) is 0. The molecule has 0 unspecified atom stereocenters. The van der Waals surface area contributed by atoms with Crippen molar-refractivity contribution >= 4 is 5.95 Å². The van der Waals surface area contributed by atoms with Crippen molar-refractivity contribution in [1.82, 2.24) is 19.9 Å². The number of pyridine rings is 1. The Balaban J connectivity index is 1.57. The van der Waals surface area contributed by atoms with Crippen LogP contribution in [-0.4, -0.2) is 46.0 Å². The maximum absolute atomic E-state index is 4.49. The molecule has 5 heteroatoms. The first-order valence-corrected chi connectivity index (χ1v) is 6.98. The number of hydrogen-bond acceptors (Lipinski definition) is 5. The van der Waals surface area contributed by atoms with E-state index in [1.807, 2.05) is 37.5 Å². The van der Waals surface area contributed by atoms with E-state index in [0.29, 0.717) is 0 Å². The standard InChI is InChI=1S/C15H19N5/c1-13-5-7-17-15(18-13)20-10-8-19(9-11-20)12-14-4-2-3-6-16-14/h2-7H,8-12H2,1H3. The highest BCUT2D eigenvalue weighted by atomic mass is 15.3. The van der Waals surface area contributed by atoms with Crippen LogP contribution in [0.2, 0.25) is 0 Å². The molecule has 0 spiro atoms. The summed E-state index contributed by atoms with van der Waals surface area (Å²) in [6.45, 7) is 6.90. The predicted octanol–water partition coefficient (Wildman–Crippen LogP) is 1.50. The normalized spacial score (nSPS) is 16.4. The van der Waals surface area contributed by atoms with Crippen molar-refractivity contribution in [2.45, 2.75) is 13.5 Å². The van der Waals surface area contributed by atoms with Gasteiger partial charge in [0.05, 0.1) is 5.69 Å². The summed E-state index contributed by atoms with van der Waals surface area (Å²) in [4.78, 5) is 17.9. The van der Waals surface area contributed by atoms with Crippen molar-refractivity contribution in [2.75, 3.05) is 31.1 Å². The second-order valence-corrected chi connectivity index (χ2v) is 5.08. The lowest BCUT2D eigenvalue weighted by Gasteiger charge is -2.34. The fourth-order valence-electron chi connectivity index (χ4n) is 2.41. The number of aryl methyl sites for hydroxylation is 1. The summed E-state index contributed by atoms with van der Waals surface area (Å²) < 4.78 is 0. The van der Waals surface area contributed by atoms with Crippen LogP contribution < -0.4 is 4.90 Å². The van der Waals surface area contributed by atoms with Gasteiger partial charge in [-0.1, -0.05) is 6.07 Å². The lowest BCUT2D eigenvalue weighted by atomic mass is 10.3. The molecule has 104 valence electrons. The van der Waals surface area contributed by atoms with Crippen LogP contribution in [-0.2, 0) is 6.54 Å². The van der Waals surface area contributed by atoms with Crippen LogP contribution in [0.3, 0.4) is 0 Å². The molecule has 0 saturated carbocycles. The van der Waals surface area contributed by atoms with Gasteiger partial charge in [0, 0.05) is 50.8 Å². The van der Waals surface area contributed by atoms with E-state index in [1.54, 1.807) is 0 Å². The Morgan fingerprint density at radius 1 is 1.00 bits per heavy atom. The molecular formula is C15H19N5. The summed E-state index contributed by atoms with van der Waals surface area (Å²) in [6, 6.07) is 8.01. The summed E-state index contributed by atoms with van der Waals surface area (Å²) in [7, 11) is 0. The van der Waals surface area contributed by atoms with Gasteiger partial charge >= 0.3 is 0 Å². The monoisotopic (exact) mass is 269 g/mol. The van der Waals surface area contributed by atoms with Gasteiger partial charge in [0.1, 0.15) is 0 Å². The summed E-state index contributed by atoms with van der Waals surface area (Å²) in [6.07, 6.45) is 3.68. The molecule has 0 radical (unpaired) electrons. The number of nitrogens with zero attached hydrogens (tertiary/aromatic N) is 5. The highest BCUT2D eigenvalue weighted by molar-refractivity contribution is 5.30. The van der Waals surface area contributed by atoms with E-state index in [-0.39, 0.29) is 0 Å². The molecule has 3 rings (SSSR count). The van der Waals surface area contributed by atoms with Gasteiger partial charge in [0.15, 0.2) is 0 Å². The topological polar surface area (TPSA) is 45.2 Å². The van der Waals surface area contributed by atoms with Gasteiger partial charge in [0.25, 0.3) is 0 Å². The zero-order chi connectivity index (χ0) is 13.8. The summed E-state index contributed by atoms with van der Waals surface area (Å²) >= 11 is 0. The quantitative estimate of drug-likeness (QED) is 0.845. The third-order valence-electron chi connectivity index (χ3n) is 3.55. The van der Waals surface area contributed by atoms with Crippen molar-refractivity contribution < 1.29 is 0 Å². The maximum atomic E-state index is 4.49. The Labute approximate surface area is 119 Å². The molecule has 0 amide bonds. The highest BCUT2D eigenvalue weighted by Gasteiger charge is 2.19. The van der Waals surface area contributed by atoms with Crippen LogP contribution in [0.4, 0.5) is 5.95 Å². The first kappa shape index (κ1) is 13.0. The number of piperazine rings is 1. The molecule has 0 aromatic carbocycles. The highest BCUT2D eigenvalue weighted by Crippen LogP contribution is 2.12. The van der Waals surface area contributed by atoms with Crippen LogP contribution in [0, 0.1) is 6.92 Å².